The molecular formula is C12H21N3O2. The summed E-state index contributed by atoms with van der Waals surface area (Å²) >= 11 is 0. The van der Waals surface area contributed by atoms with Crippen LogP contribution in [0.1, 0.15) is 26.7 Å². The number of piperazine rings is 1. The normalized spacial score (nSPS) is 29.5. The first-order valence-electron chi connectivity index (χ1n) is 6.39. The van der Waals surface area contributed by atoms with Crippen LogP contribution in [0.4, 0.5) is 0 Å². The van der Waals surface area contributed by atoms with E-state index in [4.69, 9.17) is 0 Å². The van der Waals surface area contributed by atoms with Crippen LogP contribution in [0.2, 0.25) is 0 Å². The maximum Gasteiger partial charge on any atom is 0.245 e. The van der Waals surface area contributed by atoms with E-state index in [1.54, 1.807) is 11.8 Å². The van der Waals surface area contributed by atoms with Crippen LogP contribution in [-0.2, 0) is 9.59 Å². The second kappa shape index (κ2) is 5.04. The van der Waals surface area contributed by atoms with Crippen molar-refractivity contribution in [2.75, 3.05) is 26.2 Å². The SMILES string of the molecule is CC(=O)N1CCC[C@@H]1C(=O)N1CCN[C@@H](C)C1. The zero-order valence-electron chi connectivity index (χ0n) is 10.6. The van der Waals surface area contributed by atoms with E-state index < -0.39 is 0 Å². The minimum absolute atomic E-state index is 0.0176. The highest BCUT2D eigenvalue weighted by molar-refractivity contribution is 5.87. The van der Waals surface area contributed by atoms with E-state index in [0.29, 0.717) is 6.04 Å². The standard InChI is InChI=1S/C12H21N3O2/c1-9-8-14(7-5-13-9)12(17)11-4-3-6-15(11)10(2)16/h9,11,13H,3-8H2,1-2H3/t9-,11+/m0/s1. The average molecular weight is 239 g/mol. The number of rotatable bonds is 1. The molecule has 1 N–H and O–H groups in total. The zero-order chi connectivity index (χ0) is 12.4. The molecule has 2 aliphatic rings. The smallest absolute Gasteiger partial charge is 0.245 e. The Morgan fingerprint density at radius 1 is 1.29 bits per heavy atom. The third-order valence-corrected chi connectivity index (χ3v) is 3.62. The van der Waals surface area contributed by atoms with Crippen LogP contribution in [-0.4, -0.2) is 59.9 Å². The van der Waals surface area contributed by atoms with Crippen LogP contribution < -0.4 is 5.32 Å². The highest BCUT2D eigenvalue weighted by atomic mass is 16.2. The first-order valence-corrected chi connectivity index (χ1v) is 6.39. The van der Waals surface area contributed by atoms with Crippen molar-refractivity contribution in [3.8, 4) is 0 Å². The Morgan fingerprint density at radius 3 is 2.71 bits per heavy atom. The van der Waals surface area contributed by atoms with Gasteiger partial charge in [0.25, 0.3) is 0 Å². The van der Waals surface area contributed by atoms with Gasteiger partial charge in [0, 0.05) is 39.1 Å². The van der Waals surface area contributed by atoms with E-state index in [1.165, 1.54) is 0 Å². The molecule has 2 amide bonds. The summed E-state index contributed by atoms with van der Waals surface area (Å²) < 4.78 is 0. The number of hydrogen-bond acceptors (Lipinski definition) is 3. The zero-order valence-corrected chi connectivity index (χ0v) is 10.6. The van der Waals surface area contributed by atoms with Crippen LogP contribution in [0.25, 0.3) is 0 Å². The van der Waals surface area contributed by atoms with Crippen molar-refractivity contribution in [2.24, 2.45) is 0 Å². The van der Waals surface area contributed by atoms with E-state index in [9.17, 15) is 9.59 Å². The maximum absolute atomic E-state index is 12.4. The van der Waals surface area contributed by atoms with Crippen molar-refractivity contribution >= 4 is 11.8 Å². The molecule has 0 bridgehead atoms. The summed E-state index contributed by atoms with van der Waals surface area (Å²) in [5.41, 5.74) is 0. The Labute approximate surface area is 102 Å². The molecule has 0 aromatic heterocycles. The minimum Gasteiger partial charge on any atom is -0.338 e. The number of amides is 2. The molecule has 0 unspecified atom stereocenters. The van der Waals surface area contributed by atoms with Gasteiger partial charge in [0.05, 0.1) is 0 Å². The number of hydrogen-bond donors (Lipinski definition) is 1. The van der Waals surface area contributed by atoms with Crippen molar-refractivity contribution < 1.29 is 9.59 Å². The quantitative estimate of drug-likeness (QED) is 0.690. The van der Waals surface area contributed by atoms with Gasteiger partial charge >= 0.3 is 0 Å². The van der Waals surface area contributed by atoms with Gasteiger partial charge in [-0.15, -0.1) is 0 Å². The number of nitrogens with one attached hydrogen (secondary N) is 1. The summed E-state index contributed by atoms with van der Waals surface area (Å²) in [5, 5.41) is 3.32. The molecule has 5 nitrogen and oxygen atoms in total. The molecule has 0 saturated carbocycles. The molecule has 17 heavy (non-hydrogen) atoms. The highest BCUT2D eigenvalue weighted by Gasteiger charge is 2.35. The van der Waals surface area contributed by atoms with E-state index in [-0.39, 0.29) is 17.9 Å². The summed E-state index contributed by atoms with van der Waals surface area (Å²) in [4.78, 5) is 27.4. The molecule has 2 fully saturated rings. The number of carbonyl (C=O) groups excluding carboxylic acids is 2. The molecule has 0 radical (unpaired) electrons. The van der Waals surface area contributed by atoms with Gasteiger partial charge in [0.15, 0.2) is 0 Å². The fourth-order valence-electron chi connectivity index (χ4n) is 2.74. The molecule has 0 spiro atoms. The molecular weight excluding hydrogens is 218 g/mol. The molecule has 2 heterocycles. The van der Waals surface area contributed by atoms with Crippen LogP contribution in [0.15, 0.2) is 0 Å². The molecule has 0 aromatic rings. The Balaban J connectivity index is 2.01. The van der Waals surface area contributed by atoms with Crippen molar-refractivity contribution in [3.63, 3.8) is 0 Å². The second-order valence-electron chi connectivity index (χ2n) is 5.01. The third-order valence-electron chi connectivity index (χ3n) is 3.62. The lowest BCUT2D eigenvalue weighted by Gasteiger charge is -2.35. The first kappa shape index (κ1) is 12.4. The monoisotopic (exact) mass is 239 g/mol. The lowest BCUT2D eigenvalue weighted by molar-refractivity contribution is -0.143. The van der Waals surface area contributed by atoms with E-state index in [2.05, 4.69) is 12.2 Å². The lowest BCUT2D eigenvalue weighted by atomic mass is 10.1. The first-order chi connectivity index (χ1) is 8.09. The predicted octanol–water partition coefficient (Wildman–Crippen LogP) is -0.182. The lowest BCUT2D eigenvalue weighted by Crippen LogP contribution is -2.56. The topological polar surface area (TPSA) is 52.7 Å². The third kappa shape index (κ3) is 2.60. The fourth-order valence-corrected chi connectivity index (χ4v) is 2.74. The summed E-state index contributed by atoms with van der Waals surface area (Å²) in [6.07, 6.45) is 1.76. The van der Waals surface area contributed by atoms with E-state index in [0.717, 1.165) is 39.0 Å². The van der Waals surface area contributed by atoms with Gasteiger partial charge in [-0.05, 0) is 19.8 Å². The molecule has 2 rings (SSSR count). The summed E-state index contributed by atoms with van der Waals surface area (Å²) in [6.45, 7) is 6.71. The van der Waals surface area contributed by atoms with Crippen molar-refractivity contribution in [1.29, 1.82) is 0 Å². The maximum atomic E-state index is 12.4. The Morgan fingerprint density at radius 2 is 2.06 bits per heavy atom. The molecule has 96 valence electrons. The van der Waals surface area contributed by atoms with Crippen molar-refractivity contribution in [2.45, 2.75) is 38.8 Å². The Kier molecular flexibility index (Phi) is 3.66. The van der Waals surface area contributed by atoms with Gasteiger partial charge in [-0.25, -0.2) is 0 Å². The van der Waals surface area contributed by atoms with Gasteiger partial charge in [-0.2, -0.15) is 0 Å². The van der Waals surface area contributed by atoms with Crippen molar-refractivity contribution in [3.05, 3.63) is 0 Å². The summed E-state index contributed by atoms with van der Waals surface area (Å²) in [6, 6.07) is 0.137. The molecule has 2 atom stereocenters. The van der Waals surface area contributed by atoms with E-state index >= 15 is 0 Å². The fraction of sp³-hybridized carbons (Fsp3) is 0.833. The summed E-state index contributed by atoms with van der Waals surface area (Å²) in [7, 11) is 0. The molecule has 2 aliphatic heterocycles. The van der Waals surface area contributed by atoms with Gasteiger partial charge < -0.3 is 15.1 Å². The van der Waals surface area contributed by atoms with Crippen molar-refractivity contribution in [1.82, 2.24) is 15.1 Å². The van der Waals surface area contributed by atoms with Crippen LogP contribution >= 0.6 is 0 Å². The minimum atomic E-state index is -0.210. The number of likely N-dealkylation sites (tertiary alicyclic amines) is 1. The van der Waals surface area contributed by atoms with Gasteiger partial charge in [-0.3, -0.25) is 9.59 Å². The number of carbonyl (C=O) groups is 2. The van der Waals surface area contributed by atoms with E-state index in [1.807, 2.05) is 4.90 Å². The van der Waals surface area contributed by atoms with Gasteiger partial charge in [-0.1, -0.05) is 0 Å². The molecule has 2 saturated heterocycles. The molecule has 0 aromatic carbocycles. The van der Waals surface area contributed by atoms with Crippen LogP contribution in [0.5, 0.6) is 0 Å². The van der Waals surface area contributed by atoms with Gasteiger partial charge in [0.2, 0.25) is 11.8 Å². The Bertz CT molecular complexity index is 319. The predicted molar refractivity (Wildman–Crippen MR) is 64.5 cm³/mol. The van der Waals surface area contributed by atoms with Gasteiger partial charge in [0.1, 0.15) is 6.04 Å². The largest absolute Gasteiger partial charge is 0.338 e. The highest BCUT2D eigenvalue weighted by Crippen LogP contribution is 2.20. The molecule has 0 aliphatic carbocycles. The average Bonchev–Trinajstić information content (AvgIpc) is 2.77. The Hall–Kier alpha value is -1.10. The van der Waals surface area contributed by atoms with Crippen LogP contribution in [0.3, 0.4) is 0 Å². The second-order valence-corrected chi connectivity index (χ2v) is 5.01. The number of nitrogens with zero attached hydrogens (tertiary/aromatic N) is 2. The van der Waals surface area contributed by atoms with Crippen LogP contribution in [0, 0.1) is 0 Å². The molecule has 5 heteroatoms. The summed E-state index contributed by atoms with van der Waals surface area (Å²) in [5.74, 6) is 0.148.